The van der Waals surface area contributed by atoms with Gasteiger partial charge in [-0.15, -0.1) is 0 Å². The summed E-state index contributed by atoms with van der Waals surface area (Å²) >= 11 is 0. The summed E-state index contributed by atoms with van der Waals surface area (Å²) in [7, 11) is 0. The first-order valence-electron chi connectivity index (χ1n) is 7.56. The molecule has 2 aliphatic rings. The number of likely N-dealkylation sites (N-methyl/N-ethyl adjacent to an activating group) is 1. The third kappa shape index (κ3) is 4.07. The van der Waals surface area contributed by atoms with E-state index in [1.807, 2.05) is 6.92 Å². The Kier molecular flexibility index (Phi) is 5.81. The summed E-state index contributed by atoms with van der Waals surface area (Å²) in [6.07, 6.45) is 1.91. The number of amides is 2. The van der Waals surface area contributed by atoms with Crippen molar-refractivity contribution in [2.75, 3.05) is 39.5 Å². The van der Waals surface area contributed by atoms with Gasteiger partial charge in [0.1, 0.15) is 5.92 Å². The zero-order valence-corrected chi connectivity index (χ0v) is 12.4. The van der Waals surface area contributed by atoms with E-state index in [-0.39, 0.29) is 25.3 Å². The van der Waals surface area contributed by atoms with Crippen LogP contribution >= 0.6 is 0 Å². The van der Waals surface area contributed by atoms with Crippen molar-refractivity contribution in [1.82, 2.24) is 10.2 Å². The van der Waals surface area contributed by atoms with E-state index in [0.29, 0.717) is 19.0 Å². The molecule has 7 nitrogen and oxygen atoms in total. The summed E-state index contributed by atoms with van der Waals surface area (Å²) in [4.78, 5) is 25.1. The maximum atomic E-state index is 12.3. The largest absolute Gasteiger partial charge is 0.481 e. The lowest BCUT2D eigenvalue weighted by Gasteiger charge is -2.30. The van der Waals surface area contributed by atoms with E-state index < -0.39 is 11.9 Å². The molecule has 21 heavy (non-hydrogen) atoms. The van der Waals surface area contributed by atoms with Gasteiger partial charge in [-0.3, -0.25) is 4.79 Å². The minimum atomic E-state index is -0.909. The van der Waals surface area contributed by atoms with Gasteiger partial charge in [0, 0.05) is 26.3 Å². The first kappa shape index (κ1) is 16.0. The van der Waals surface area contributed by atoms with Crippen LogP contribution in [0.2, 0.25) is 0 Å². The molecular formula is C14H24N2O5. The average molecular weight is 300 g/mol. The van der Waals surface area contributed by atoms with E-state index in [1.165, 1.54) is 0 Å². The summed E-state index contributed by atoms with van der Waals surface area (Å²) in [5.41, 5.74) is 0. The molecule has 0 saturated carbocycles. The number of rotatable bonds is 5. The molecule has 2 fully saturated rings. The second-order valence-corrected chi connectivity index (χ2v) is 5.58. The Morgan fingerprint density at radius 1 is 1.24 bits per heavy atom. The highest BCUT2D eigenvalue weighted by molar-refractivity contribution is 5.77. The highest BCUT2D eigenvalue weighted by Crippen LogP contribution is 2.20. The lowest BCUT2D eigenvalue weighted by molar-refractivity contribution is -0.142. The Labute approximate surface area is 124 Å². The van der Waals surface area contributed by atoms with Crippen LogP contribution < -0.4 is 5.32 Å². The fourth-order valence-electron chi connectivity index (χ4n) is 2.90. The summed E-state index contributed by atoms with van der Waals surface area (Å²) in [6, 6.07) is -0.590. The Balaban J connectivity index is 1.87. The molecule has 0 aromatic heterocycles. The minimum absolute atomic E-state index is 0.170. The van der Waals surface area contributed by atoms with Gasteiger partial charge in [-0.2, -0.15) is 0 Å². The molecule has 2 N–H and O–H groups in total. The molecule has 120 valence electrons. The number of nitrogens with zero attached hydrogens (tertiary/aromatic N) is 1. The van der Waals surface area contributed by atoms with Gasteiger partial charge in [0.2, 0.25) is 0 Å². The molecule has 2 saturated heterocycles. The predicted molar refractivity (Wildman–Crippen MR) is 75.1 cm³/mol. The van der Waals surface area contributed by atoms with Crippen LogP contribution in [0.5, 0.6) is 0 Å². The summed E-state index contributed by atoms with van der Waals surface area (Å²) in [5.74, 6) is -1.11. The van der Waals surface area contributed by atoms with Crippen molar-refractivity contribution >= 4 is 12.0 Å². The molecule has 0 spiro atoms. The first-order valence-corrected chi connectivity index (χ1v) is 7.56. The van der Waals surface area contributed by atoms with Gasteiger partial charge in [0.15, 0.2) is 0 Å². The molecule has 2 aliphatic heterocycles. The van der Waals surface area contributed by atoms with Crippen LogP contribution in [0, 0.1) is 11.8 Å². The monoisotopic (exact) mass is 300 g/mol. The van der Waals surface area contributed by atoms with Crippen molar-refractivity contribution in [3.8, 4) is 0 Å². The minimum Gasteiger partial charge on any atom is -0.481 e. The maximum Gasteiger partial charge on any atom is 0.317 e. The zero-order valence-electron chi connectivity index (χ0n) is 12.4. The number of urea groups is 1. The second kappa shape index (κ2) is 7.61. The second-order valence-electron chi connectivity index (χ2n) is 5.58. The number of carbonyl (C=O) groups excluding carboxylic acids is 1. The van der Waals surface area contributed by atoms with Crippen molar-refractivity contribution in [3.05, 3.63) is 0 Å². The van der Waals surface area contributed by atoms with Gasteiger partial charge < -0.3 is 24.8 Å². The standard InChI is InChI=1S/C14H24N2O5/c1-2-16(12-9-21-8-11(12)13(17)18)14(19)15-7-10-3-5-20-6-4-10/h10-12H,2-9H2,1H3,(H,15,19)(H,17,18). The number of hydrogen-bond donors (Lipinski definition) is 2. The Morgan fingerprint density at radius 2 is 1.95 bits per heavy atom. The van der Waals surface area contributed by atoms with E-state index >= 15 is 0 Å². The van der Waals surface area contributed by atoms with Crippen molar-refractivity contribution in [2.24, 2.45) is 11.8 Å². The number of carbonyl (C=O) groups is 2. The van der Waals surface area contributed by atoms with Gasteiger partial charge in [-0.25, -0.2) is 4.79 Å². The van der Waals surface area contributed by atoms with Crippen molar-refractivity contribution in [3.63, 3.8) is 0 Å². The lowest BCUT2D eigenvalue weighted by atomic mass is 10.0. The van der Waals surface area contributed by atoms with Gasteiger partial charge in [0.25, 0.3) is 0 Å². The molecule has 2 rings (SSSR count). The maximum absolute atomic E-state index is 12.3. The number of hydrogen-bond acceptors (Lipinski definition) is 4. The molecule has 0 radical (unpaired) electrons. The van der Waals surface area contributed by atoms with Gasteiger partial charge in [-0.1, -0.05) is 0 Å². The molecule has 2 atom stereocenters. The van der Waals surface area contributed by atoms with Crippen LogP contribution in [0.1, 0.15) is 19.8 Å². The first-order chi connectivity index (χ1) is 10.1. The molecule has 2 amide bonds. The van der Waals surface area contributed by atoms with Crippen LogP contribution in [0.25, 0.3) is 0 Å². The molecule has 0 bridgehead atoms. The van der Waals surface area contributed by atoms with Gasteiger partial charge in [0.05, 0.1) is 19.3 Å². The van der Waals surface area contributed by atoms with E-state index in [1.54, 1.807) is 4.90 Å². The number of ether oxygens (including phenoxy) is 2. The summed E-state index contributed by atoms with van der Waals surface area (Å²) < 4.78 is 10.5. The number of carboxylic acid groups (broad SMARTS) is 1. The van der Waals surface area contributed by atoms with Gasteiger partial charge in [-0.05, 0) is 25.7 Å². The van der Waals surface area contributed by atoms with E-state index in [0.717, 1.165) is 26.1 Å². The Bertz CT molecular complexity index is 370. The highest BCUT2D eigenvalue weighted by Gasteiger charge is 2.39. The molecule has 0 aromatic rings. The Morgan fingerprint density at radius 3 is 2.57 bits per heavy atom. The average Bonchev–Trinajstić information content (AvgIpc) is 2.96. The van der Waals surface area contributed by atoms with E-state index in [4.69, 9.17) is 9.47 Å². The molecule has 2 heterocycles. The number of carboxylic acids is 1. The molecule has 0 aliphatic carbocycles. The van der Waals surface area contributed by atoms with Crippen LogP contribution in [0.15, 0.2) is 0 Å². The third-order valence-electron chi connectivity index (χ3n) is 4.25. The highest BCUT2D eigenvalue weighted by atomic mass is 16.5. The lowest BCUT2D eigenvalue weighted by Crippen LogP contribution is -2.51. The van der Waals surface area contributed by atoms with Crippen LogP contribution in [-0.2, 0) is 14.3 Å². The summed E-state index contributed by atoms with van der Waals surface area (Å²) in [6.45, 7) is 4.89. The normalized spacial score (nSPS) is 26.5. The van der Waals surface area contributed by atoms with Gasteiger partial charge >= 0.3 is 12.0 Å². The van der Waals surface area contributed by atoms with E-state index in [9.17, 15) is 14.7 Å². The van der Waals surface area contributed by atoms with Crippen molar-refractivity contribution < 1.29 is 24.2 Å². The van der Waals surface area contributed by atoms with Crippen LogP contribution in [-0.4, -0.2) is 67.6 Å². The third-order valence-corrected chi connectivity index (χ3v) is 4.25. The van der Waals surface area contributed by atoms with Crippen LogP contribution in [0.4, 0.5) is 4.79 Å². The summed E-state index contributed by atoms with van der Waals surface area (Å²) in [5, 5.41) is 12.1. The number of aliphatic carboxylic acids is 1. The topological polar surface area (TPSA) is 88.1 Å². The molecular weight excluding hydrogens is 276 g/mol. The SMILES string of the molecule is CCN(C(=O)NCC1CCOCC1)C1COCC1C(=O)O. The molecule has 7 heteroatoms. The quantitative estimate of drug-likeness (QED) is 0.774. The van der Waals surface area contributed by atoms with E-state index in [2.05, 4.69) is 5.32 Å². The fraction of sp³-hybridized carbons (Fsp3) is 0.857. The Hall–Kier alpha value is -1.34. The smallest absolute Gasteiger partial charge is 0.317 e. The van der Waals surface area contributed by atoms with Crippen molar-refractivity contribution in [1.29, 1.82) is 0 Å². The van der Waals surface area contributed by atoms with Crippen LogP contribution in [0.3, 0.4) is 0 Å². The molecule has 0 aromatic carbocycles. The van der Waals surface area contributed by atoms with Crippen molar-refractivity contribution in [2.45, 2.75) is 25.8 Å². The zero-order chi connectivity index (χ0) is 15.2. The number of nitrogens with one attached hydrogen (secondary N) is 1. The molecule has 2 unspecified atom stereocenters. The predicted octanol–water partition coefficient (Wildman–Crippen LogP) is 0.544. The fourth-order valence-corrected chi connectivity index (χ4v) is 2.90.